The molecule has 44 valence electrons. The topological polar surface area (TPSA) is 18.5 Å². The van der Waals surface area contributed by atoms with Gasteiger partial charge in [-0.25, -0.2) is 0 Å². The third kappa shape index (κ3) is 1.35. The predicted octanol–water partition coefficient (Wildman–Crippen LogP) is 1.05. The van der Waals surface area contributed by atoms with Gasteiger partial charge in [-0.15, -0.1) is 6.58 Å². The lowest BCUT2D eigenvalue weighted by Crippen LogP contribution is -2.21. The van der Waals surface area contributed by atoms with Crippen molar-refractivity contribution in [2.75, 3.05) is 6.61 Å². The van der Waals surface area contributed by atoms with Gasteiger partial charge in [-0.1, -0.05) is 5.98 Å². The lowest BCUT2D eigenvalue weighted by atomic mass is 9.64. The van der Waals surface area contributed by atoms with E-state index in [-0.39, 0.29) is 6.92 Å². The second-order valence-electron chi connectivity index (χ2n) is 1.83. The van der Waals surface area contributed by atoms with Crippen LogP contribution in [0.1, 0.15) is 6.42 Å². The van der Waals surface area contributed by atoms with E-state index >= 15 is 0 Å². The summed E-state index contributed by atoms with van der Waals surface area (Å²) in [5.41, 5.74) is 0. The van der Waals surface area contributed by atoms with Crippen LogP contribution in [-0.2, 0) is 9.69 Å². The van der Waals surface area contributed by atoms with Crippen LogP contribution in [0.15, 0.2) is 12.6 Å². The Morgan fingerprint density at radius 3 is 2.88 bits per heavy atom. The van der Waals surface area contributed by atoms with Gasteiger partial charge in [0.2, 0.25) is 0 Å². The van der Waals surface area contributed by atoms with E-state index in [2.05, 4.69) is 6.58 Å². The molecule has 0 aromatic carbocycles. The van der Waals surface area contributed by atoms with Crippen molar-refractivity contribution in [3.63, 3.8) is 0 Å². The molecule has 0 unspecified atom stereocenters. The average Bonchev–Trinajstić information content (AvgIpc) is 1.90. The second kappa shape index (κ2) is 2.90. The summed E-state index contributed by atoms with van der Waals surface area (Å²) in [5.74, 6) is 1.76. The van der Waals surface area contributed by atoms with Crippen molar-refractivity contribution in [2.24, 2.45) is 0 Å². The van der Waals surface area contributed by atoms with Crippen molar-refractivity contribution in [3.8, 4) is 0 Å². The van der Waals surface area contributed by atoms with Crippen LogP contribution in [0.2, 0.25) is 6.32 Å². The first-order valence-corrected chi connectivity index (χ1v) is 2.84. The van der Waals surface area contributed by atoms with Gasteiger partial charge in [-0.2, -0.15) is 0 Å². The van der Waals surface area contributed by atoms with Crippen LogP contribution in [-0.4, -0.2) is 13.5 Å². The molecule has 0 bridgehead atoms. The Kier molecular flexibility index (Phi) is 2.12. The summed E-state index contributed by atoms with van der Waals surface area (Å²) in [5, 5.41) is 0. The van der Waals surface area contributed by atoms with Gasteiger partial charge in [-0.05, 0) is 12.7 Å². The lowest BCUT2D eigenvalue weighted by molar-refractivity contribution is -0.221. The Bertz CT molecular complexity index is 78.5. The first kappa shape index (κ1) is 5.85. The molecule has 3 heteroatoms. The van der Waals surface area contributed by atoms with Crippen molar-refractivity contribution in [1.29, 1.82) is 0 Å². The molecule has 0 atom stereocenters. The molecule has 0 aromatic rings. The third-order valence-corrected chi connectivity index (χ3v) is 1.17. The van der Waals surface area contributed by atoms with E-state index in [0.29, 0.717) is 0 Å². The Labute approximate surface area is 49.5 Å². The van der Waals surface area contributed by atoms with Gasteiger partial charge < -0.3 is 0 Å². The van der Waals surface area contributed by atoms with Crippen LogP contribution < -0.4 is 0 Å². The first-order chi connectivity index (χ1) is 3.93. The third-order valence-electron chi connectivity index (χ3n) is 1.17. The fourth-order valence-electron chi connectivity index (χ4n) is 0.684. The fraction of sp³-hybridized carbons (Fsp3) is 0.600. The van der Waals surface area contributed by atoms with Crippen LogP contribution in [0.3, 0.4) is 0 Å². The maximum atomic E-state index is 4.81. The molecule has 1 aliphatic rings. The maximum absolute atomic E-state index is 4.81. The van der Waals surface area contributed by atoms with Gasteiger partial charge in [0.25, 0.3) is 0 Å². The number of rotatable bonds is 1. The van der Waals surface area contributed by atoms with Crippen LogP contribution in [0, 0.1) is 0 Å². The van der Waals surface area contributed by atoms with E-state index in [1.807, 2.05) is 0 Å². The minimum atomic E-state index is 0.128. The molecule has 0 N–H and O–H groups in total. The normalized spacial score (nSPS) is 20.8. The van der Waals surface area contributed by atoms with Crippen molar-refractivity contribution >= 4 is 6.92 Å². The monoisotopic (exact) mass is 112 g/mol. The summed E-state index contributed by atoms with van der Waals surface area (Å²) in [6.07, 6.45) is 2.13. The van der Waals surface area contributed by atoms with Gasteiger partial charge in [0.1, 0.15) is 0 Å². The Hall–Kier alpha value is -0.275. The SMILES string of the molecule is C=CB1CCCOO1. The Morgan fingerprint density at radius 1 is 1.62 bits per heavy atom. The van der Waals surface area contributed by atoms with Crippen LogP contribution in [0.4, 0.5) is 0 Å². The molecule has 1 rings (SSSR count). The standard InChI is InChI=1S/C5H9BO2/c1-2-6-4-3-5-7-8-6/h2H,1,3-5H2. The molecule has 1 heterocycles. The van der Waals surface area contributed by atoms with Crippen LogP contribution in [0.25, 0.3) is 0 Å². The van der Waals surface area contributed by atoms with Crippen LogP contribution >= 0.6 is 0 Å². The quantitative estimate of drug-likeness (QED) is 0.372. The zero-order valence-corrected chi connectivity index (χ0v) is 4.80. The van der Waals surface area contributed by atoms with E-state index in [1.54, 1.807) is 5.98 Å². The van der Waals surface area contributed by atoms with E-state index in [4.69, 9.17) is 9.69 Å². The summed E-state index contributed by atoms with van der Waals surface area (Å²) >= 11 is 0. The summed E-state index contributed by atoms with van der Waals surface area (Å²) in [6.45, 7) is 4.43. The molecule has 1 fully saturated rings. The summed E-state index contributed by atoms with van der Waals surface area (Å²) in [6, 6.07) is 0. The Balaban J connectivity index is 2.22. The zero-order chi connectivity index (χ0) is 5.82. The molecule has 0 aromatic heterocycles. The average molecular weight is 112 g/mol. The highest BCUT2D eigenvalue weighted by molar-refractivity contribution is 6.57. The van der Waals surface area contributed by atoms with E-state index in [1.165, 1.54) is 0 Å². The largest absolute Gasteiger partial charge is 0.365 e. The second-order valence-corrected chi connectivity index (χ2v) is 1.83. The lowest BCUT2D eigenvalue weighted by Gasteiger charge is -2.14. The highest BCUT2D eigenvalue weighted by atomic mass is 17.2. The first-order valence-electron chi connectivity index (χ1n) is 2.84. The highest BCUT2D eigenvalue weighted by Gasteiger charge is 2.16. The molecule has 0 saturated carbocycles. The molecule has 1 aliphatic heterocycles. The molecular formula is C5H9BO2. The fourth-order valence-corrected chi connectivity index (χ4v) is 0.684. The van der Waals surface area contributed by atoms with Crippen molar-refractivity contribution in [2.45, 2.75) is 12.7 Å². The Morgan fingerprint density at radius 2 is 2.50 bits per heavy atom. The molecule has 0 amide bonds. The molecular weight excluding hydrogens is 103 g/mol. The van der Waals surface area contributed by atoms with E-state index < -0.39 is 0 Å². The minimum absolute atomic E-state index is 0.128. The number of hydrogen-bond donors (Lipinski definition) is 0. The summed E-state index contributed by atoms with van der Waals surface area (Å²) in [7, 11) is 0. The summed E-state index contributed by atoms with van der Waals surface area (Å²) in [4.78, 5) is 9.51. The highest BCUT2D eigenvalue weighted by Crippen LogP contribution is 2.07. The van der Waals surface area contributed by atoms with Gasteiger partial charge in [0.05, 0.1) is 6.61 Å². The summed E-state index contributed by atoms with van der Waals surface area (Å²) < 4.78 is 0. The molecule has 8 heavy (non-hydrogen) atoms. The maximum Gasteiger partial charge on any atom is 0.365 e. The number of hydrogen-bond acceptors (Lipinski definition) is 2. The van der Waals surface area contributed by atoms with Gasteiger partial charge in [0, 0.05) is 0 Å². The van der Waals surface area contributed by atoms with E-state index in [9.17, 15) is 0 Å². The van der Waals surface area contributed by atoms with Gasteiger partial charge >= 0.3 is 6.92 Å². The van der Waals surface area contributed by atoms with E-state index in [0.717, 1.165) is 19.3 Å². The van der Waals surface area contributed by atoms with Gasteiger partial charge in [0.15, 0.2) is 0 Å². The smallest absolute Gasteiger partial charge is 0.299 e. The minimum Gasteiger partial charge on any atom is -0.299 e. The molecule has 0 radical (unpaired) electrons. The van der Waals surface area contributed by atoms with Gasteiger partial charge in [-0.3, -0.25) is 9.69 Å². The molecule has 0 aliphatic carbocycles. The van der Waals surface area contributed by atoms with Crippen LogP contribution in [0.5, 0.6) is 0 Å². The zero-order valence-electron chi connectivity index (χ0n) is 4.80. The van der Waals surface area contributed by atoms with Crippen molar-refractivity contribution in [3.05, 3.63) is 12.6 Å². The van der Waals surface area contributed by atoms with Crippen molar-refractivity contribution in [1.82, 2.24) is 0 Å². The molecule has 2 nitrogen and oxygen atoms in total. The predicted molar refractivity (Wildman–Crippen MR) is 32.4 cm³/mol. The molecule has 0 spiro atoms. The molecule has 1 saturated heterocycles. The van der Waals surface area contributed by atoms with Crippen molar-refractivity contribution < 1.29 is 9.69 Å².